The number of nitrogens with zero attached hydrogens (tertiary/aromatic N) is 1. The fourth-order valence-corrected chi connectivity index (χ4v) is 1.08. The van der Waals surface area contributed by atoms with Gasteiger partial charge in [-0.3, -0.25) is 4.98 Å². The average Bonchev–Trinajstić information content (AvgIpc) is 2.28. The third-order valence-electron chi connectivity index (χ3n) is 1.85. The van der Waals surface area contributed by atoms with Crippen molar-refractivity contribution in [1.29, 1.82) is 0 Å². The molecule has 0 radical (unpaired) electrons. The first-order valence-corrected chi connectivity index (χ1v) is 5.23. The highest BCUT2D eigenvalue weighted by Crippen LogP contribution is 2.10. The van der Waals surface area contributed by atoms with Crippen molar-refractivity contribution in [3.63, 3.8) is 0 Å². The number of pyridine rings is 1. The molecule has 0 fully saturated rings. The van der Waals surface area contributed by atoms with Crippen LogP contribution in [-0.2, 0) is 6.42 Å². The largest absolute Gasteiger partial charge is 0.488 e. The van der Waals surface area contributed by atoms with E-state index in [4.69, 9.17) is 22.1 Å². The van der Waals surface area contributed by atoms with Gasteiger partial charge in [0.05, 0.1) is 6.20 Å². The van der Waals surface area contributed by atoms with Gasteiger partial charge in [-0.25, -0.2) is 0 Å². The summed E-state index contributed by atoms with van der Waals surface area (Å²) in [5.74, 6) is 0.744. The van der Waals surface area contributed by atoms with Crippen molar-refractivity contribution in [3.8, 4) is 5.75 Å². The lowest BCUT2D eigenvalue weighted by atomic mass is 10.3. The maximum atomic E-state index is 5.51. The van der Waals surface area contributed by atoms with Crippen LogP contribution in [0.25, 0.3) is 0 Å². The second-order valence-corrected chi connectivity index (χ2v) is 3.49. The average molecular weight is 227 g/mol. The lowest BCUT2D eigenvalue weighted by molar-refractivity contribution is 0.351. The Labute approximate surface area is 94.9 Å². The van der Waals surface area contributed by atoms with E-state index < -0.39 is 0 Å². The van der Waals surface area contributed by atoms with E-state index in [2.05, 4.69) is 4.98 Å². The first kappa shape index (κ1) is 12.0. The van der Waals surface area contributed by atoms with Crippen LogP contribution in [0.4, 0.5) is 0 Å². The van der Waals surface area contributed by atoms with Crippen molar-refractivity contribution in [2.45, 2.75) is 13.3 Å². The van der Waals surface area contributed by atoms with Crippen LogP contribution in [0.1, 0.15) is 12.6 Å². The Morgan fingerprint density at radius 1 is 1.60 bits per heavy atom. The van der Waals surface area contributed by atoms with Crippen molar-refractivity contribution in [2.75, 3.05) is 13.2 Å². The highest BCUT2D eigenvalue weighted by Gasteiger charge is 1.96. The molecule has 0 aliphatic rings. The Kier molecular flexibility index (Phi) is 5.15. The van der Waals surface area contributed by atoms with Gasteiger partial charge in [0.15, 0.2) is 0 Å². The summed E-state index contributed by atoms with van der Waals surface area (Å²) in [6.07, 6.45) is 2.49. The van der Waals surface area contributed by atoms with Gasteiger partial charge < -0.3 is 10.5 Å². The molecule has 1 rings (SSSR count). The number of halogens is 1. The normalized spacial score (nSPS) is 11.5. The van der Waals surface area contributed by atoms with Crippen LogP contribution in [0.3, 0.4) is 0 Å². The monoisotopic (exact) mass is 226 g/mol. The molecule has 1 aromatic heterocycles. The highest BCUT2D eigenvalue weighted by molar-refractivity contribution is 6.25. The van der Waals surface area contributed by atoms with Gasteiger partial charge in [-0.1, -0.05) is 11.6 Å². The fourth-order valence-electron chi connectivity index (χ4n) is 1.02. The molecule has 0 amide bonds. The first-order valence-electron chi connectivity index (χ1n) is 4.80. The van der Waals surface area contributed by atoms with E-state index in [0.717, 1.165) is 23.4 Å². The van der Waals surface area contributed by atoms with Crippen LogP contribution >= 0.6 is 11.6 Å². The summed E-state index contributed by atoms with van der Waals surface area (Å²) in [4.78, 5) is 4.21. The Morgan fingerprint density at radius 3 is 2.93 bits per heavy atom. The van der Waals surface area contributed by atoms with E-state index in [1.807, 2.05) is 19.1 Å². The zero-order chi connectivity index (χ0) is 11.1. The Hall–Kier alpha value is -1.06. The van der Waals surface area contributed by atoms with E-state index in [9.17, 15) is 0 Å². The first-order chi connectivity index (χ1) is 7.26. The molecule has 0 aliphatic heterocycles. The van der Waals surface area contributed by atoms with Gasteiger partial charge in [-0.15, -0.1) is 0 Å². The predicted octanol–water partition coefficient (Wildman–Crippen LogP) is 2.10. The van der Waals surface area contributed by atoms with Gasteiger partial charge in [0.1, 0.15) is 12.4 Å². The molecule has 1 aromatic rings. The molecule has 0 spiro atoms. The minimum Gasteiger partial charge on any atom is -0.488 e. The second-order valence-electron chi connectivity index (χ2n) is 3.27. The fraction of sp³-hybridized carbons (Fsp3) is 0.364. The van der Waals surface area contributed by atoms with Gasteiger partial charge in [0.2, 0.25) is 0 Å². The number of nitrogens with two attached hydrogens (primary N) is 1. The zero-order valence-corrected chi connectivity index (χ0v) is 9.50. The summed E-state index contributed by atoms with van der Waals surface area (Å²) in [6, 6.07) is 3.81. The lowest BCUT2D eigenvalue weighted by Crippen LogP contribution is -2.04. The molecule has 1 heterocycles. The van der Waals surface area contributed by atoms with Crippen LogP contribution < -0.4 is 10.5 Å². The molecule has 4 heteroatoms. The minimum absolute atomic E-state index is 0.488. The molecule has 0 atom stereocenters. The lowest BCUT2D eigenvalue weighted by Gasteiger charge is -2.05. The van der Waals surface area contributed by atoms with Crippen LogP contribution in [-0.4, -0.2) is 18.1 Å². The van der Waals surface area contributed by atoms with Gasteiger partial charge in [0.25, 0.3) is 0 Å². The Balaban J connectivity index is 2.49. The molecule has 0 aromatic carbocycles. The maximum absolute atomic E-state index is 5.51. The zero-order valence-electron chi connectivity index (χ0n) is 8.74. The molecule has 3 nitrogen and oxygen atoms in total. The van der Waals surface area contributed by atoms with Crippen molar-refractivity contribution in [1.82, 2.24) is 4.98 Å². The number of hydrogen-bond donors (Lipinski definition) is 1. The SMILES string of the molecule is C/C(=C/Cl)COc1ccc(CCN)nc1. The number of aromatic nitrogens is 1. The molecule has 2 N–H and O–H groups in total. The van der Waals surface area contributed by atoms with E-state index in [1.54, 1.807) is 6.20 Å². The molecule has 0 aliphatic carbocycles. The van der Waals surface area contributed by atoms with Crippen molar-refractivity contribution in [2.24, 2.45) is 5.73 Å². The molecule has 0 saturated carbocycles. The predicted molar refractivity (Wildman–Crippen MR) is 62.1 cm³/mol. The van der Waals surface area contributed by atoms with E-state index in [0.29, 0.717) is 13.2 Å². The summed E-state index contributed by atoms with van der Waals surface area (Å²) in [6.45, 7) is 3.01. The summed E-state index contributed by atoms with van der Waals surface area (Å²) >= 11 is 5.51. The number of ether oxygens (including phenoxy) is 1. The Morgan fingerprint density at radius 2 is 2.40 bits per heavy atom. The topological polar surface area (TPSA) is 48.1 Å². The third-order valence-corrected chi connectivity index (χ3v) is 2.22. The second kappa shape index (κ2) is 6.43. The van der Waals surface area contributed by atoms with Crippen molar-refractivity contribution < 1.29 is 4.74 Å². The van der Waals surface area contributed by atoms with Crippen LogP contribution in [0.15, 0.2) is 29.4 Å². The highest BCUT2D eigenvalue weighted by atomic mass is 35.5. The number of rotatable bonds is 5. The van der Waals surface area contributed by atoms with Gasteiger partial charge in [-0.2, -0.15) is 0 Å². The van der Waals surface area contributed by atoms with E-state index in [1.165, 1.54) is 5.54 Å². The summed E-state index contributed by atoms with van der Waals surface area (Å²) in [7, 11) is 0. The van der Waals surface area contributed by atoms with E-state index in [-0.39, 0.29) is 0 Å². The molecular formula is C11H15ClN2O. The molecule has 0 unspecified atom stereocenters. The van der Waals surface area contributed by atoms with Crippen molar-refractivity contribution in [3.05, 3.63) is 35.1 Å². The van der Waals surface area contributed by atoms with Crippen LogP contribution in [0.2, 0.25) is 0 Å². The quantitative estimate of drug-likeness (QED) is 0.837. The summed E-state index contributed by atoms with van der Waals surface area (Å²) in [5.41, 5.74) is 8.89. The van der Waals surface area contributed by atoms with Crippen LogP contribution in [0, 0.1) is 0 Å². The number of hydrogen-bond acceptors (Lipinski definition) is 3. The van der Waals surface area contributed by atoms with Gasteiger partial charge in [-0.05, 0) is 31.2 Å². The van der Waals surface area contributed by atoms with Crippen LogP contribution in [0.5, 0.6) is 5.75 Å². The summed E-state index contributed by atoms with van der Waals surface area (Å²) in [5, 5.41) is 0. The standard InChI is InChI=1S/C11H15ClN2O/c1-9(6-12)8-15-11-3-2-10(4-5-13)14-7-11/h2-3,6-7H,4-5,8,13H2,1H3/b9-6-. The van der Waals surface area contributed by atoms with Gasteiger partial charge >= 0.3 is 0 Å². The minimum atomic E-state index is 0.488. The van der Waals surface area contributed by atoms with E-state index >= 15 is 0 Å². The molecule has 0 saturated heterocycles. The molecular weight excluding hydrogens is 212 g/mol. The third kappa shape index (κ3) is 4.32. The molecule has 0 bridgehead atoms. The molecule has 82 valence electrons. The maximum Gasteiger partial charge on any atom is 0.138 e. The smallest absolute Gasteiger partial charge is 0.138 e. The molecule has 15 heavy (non-hydrogen) atoms. The van der Waals surface area contributed by atoms with Gasteiger partial charge in [0, 0.05) is 17.6 Å². The summed E-state index contributed by atoms with van der Waals surface area (Å²) < 4.78 is 5.45. The van der Waals surface area contributed by atoms with Crippen molar-refractivity contribution >= 4 is 11.6 Å². The Bertz CT molecular complexity index is 322.